The number of rotatable bonds is 2. The van der Waals surface area contributed by atoms with Gasteiger partial charge in [0.2, 0.25) is 0 Å². The highest BCUT2D eigenvalue weighted by Gasteiger charge is 2.22. The van der Waals surface area contributed by atoms with E-state index >= 15 is 0 Å². The first-order chi connectivity index (χ1) is 6.88. The number of nitrogens with zero attached hydrogens (tertiary/aromatic N) is 2. The molecular weight excluding hydrogens is 178 g/mol. The molecule has 1 unspecified atom stereocenters. The third-order valence-electron chi connectivity index (χ3n) is 2.77. The number of hydrogen-bond donors (Lipinski definition) is 1. The van der Waals surface area contributed by atoms with Gasteiger partial charge in [0.1, 0.15) is 0 Å². The molecule has 1 aliphatic rings. The normalized spacial score (nSPS) is 20.6. The lowest BCUT2D eigenvalue weighted by molar-refractivity contribution is 0.0583. The quantitative estimate of drug-likeness (QED) is 0.758. The van der Waals surface area contributed by atoms with E-state index < -0.39 is 0 Å². The molecule has 1 aromatic heterocycles. The highest BCUT2D eigenvalue weighted by atomic mass is 16.5. The Bertz CT molecular complexity index is 272. The van der Waals surface area contributed by atoms with E-state index in [1.807, 2.05) is 6.07 Å². The number of nitrogens with two attached hydrogens (primary N) is 1. The van der Waals surface area contributed by atoms with Gasteiger partial charge in [0.05, 0.1) is 6.20 Å². The maximum atomic E-state index is 6.15. The lowest BCUT2D eigenvalue weighted by Crippen LogP contribution is -2.27. The Labute approximate surface area is 83.5 Å². The molecule has 4 heteroatoms. The van der Waals surface area contributed by atoms with E-state index in [0.717, 1.165) is 31.6 Å². The van der Waals surface area contributed by atoms with Gasteiger partial charge in [0.15, 0.2) is 0 Å². The van der Waals surface area contributed by atoms with Gasteiger partial charge in [0.25, 0.3) is 0 Å². The highest BCUT2D eigenvalue weighted by Crippen LogP contribution is 2.26. The lowest BCUT2D eigenvalue weighted by atomic mass is 9.89. The van der Waals surface area contributed by atoms with Crippen molar-refractivity contribution in [1.82, 2.24) is 10.2 Å². The van der Waals surface area contributed by atoms with E-state index in [4.69, 9.17) is 10.5 Å². The first-order valence-corrected chi connectivity index (χ1v) is 4.98. The van der Waals surface area contributed by atoms with Gasteiger partial charge in [-0.3, -0.25) is 0 Å². The molecule has 0 amide bonds. The van der Waals surface area contributed by atoms with Crippen LogP contribution in [0.25, 0.3) is 0 Å². The smallest absolute Gasteiger partial charge is 0.0544 e. The summed E-state index contributed by atoms with van der Waals surface area (Å²) in [5.74, 6) is 0.521. The Morgan fingerprint density at radius 1 is 1.36 bits per heavy atom. The van der Waals surface area contributed by atoms with Crippen LogP contribution in [-0.4, -0.2) is 23.4 Å². The fourth-order valence-corrected chi connectivity index (χ4v) is 1.85. The van der Waals surface area contributed by atoms with Crippen LogP contribution in [0.5, 0.6) is 0 Å². The summed E-state index contributed by atoms with van der Waals surface area (Å²) < 4.78 is 5.30. The zero-order valence-corrected chi connectivity index (χ0v) is 8.10. The van der Waals surface area contributed by atoms with Crippen LogP contribution in [0.2, 0.25) is 0 Å². The second kappa shape index (κ2) is 4.48. The minimum Gasteiger partial charge on any atom is -0.381 e. The van der Waals surface area contributed by atoms with Crippen molar-refractivity contribution in [3.63, 3.8) is 0 Å². The van der Waals surface area contributed by atoms with Crippen LogP contribution in [0, 0.1) is 5.92 Å². The summed E-state index contributed by atoms with van der Waals surface area (Å²) in [5.41, 5.74) is 7.22. The van der Waals surface area contributed by atoms with E-state index in [2.05, 4.69) is 10.2 Å². The second-order valence-electron chi connectivity index (χ2n) is 3.65. The Morgan fingerprint density at radius 2 is 2.14 bits per heavy atom. The van der Waals surface area contributed by atoms with Crippen molar-refractivity contribution in [2.45, 2.75) is 18.9 Å². The number of hydrogen-bond acceptors (Lipinski definition) is 4. The molecule has 0 aliphatic carbocycles. The summed E-state index contributed by atoms with van der Waals surface area (Å²) in [6, 6.07) is 2.02. The molecule has 0 saturated carbocycles. The molecular formula is C10H15N3O. The Balaban J connectivity index is 2.03. The van der Waals surface area contributed by atoms with Crippen molar-refractivity contribution in [2.75, 3.05) is 13.2 Å². The van der Waals surface area contributed by atoms with Gasteiger partial charge in [-0.2, -0.15) is 10.2 Å². The molecule has 1 saturated heterocycles. The van der Waals surface area contributed by atoms with Gasteiger partial charge in [-0.1, -0.05) is 0 Å². The predicted octanol–water partition coefficient (Wildman–Crippen LogP) is 0.903. The maximum Gasteiger partial charge on any atom is 0.0544 e. The average Bonchev–Trinajstić information content (AvgIpc) is 2.30. The molecule has 0 aromatic carbocycles. The van der Waals surface area contributed by atoms with E-state index in [0.29, 0.717) is 5.92 Å². The van der Waals surface area contributed by atoms with E-state index in [-0.39, 0.29) is 6.04 Å². The van der Waals surface area contributed by atoms with Crippen molar-refractivity contribution in [1.29, 1.82) is 0 Å². The molecule has 0 bridgehead atoms. The van der Waals surface area contributed by atoms with Gasteiger partial charge < -0.3 is 10.5 Å². The number of ether oxygens (including phenoxy) is 1. The summed E-state index contributed by atoms with van der Waals surface area (Å²) >= 11 is 0. The molecule has 1 atom stereocenters. The molecule has 76 valence electrons. The fraction of sp³-hybridized carbons (Fsp3) is 0.600. The van der Waals surface area contributed by atoms with Crippen molar-refractivity contribution in [3.05, 3.63) is 24.0 Å². The largest absolute Gasteiger partial charge is 0.381 e. The third-order valence-corrected chi connectivity index (χ3v) is 2.77. The van der Waals surface area contributed by atoms with Crippen LogP contribution < -0.4 is 5.73 Å². The fourth-order valence-electron chi connectivity index (χ4n) is 1.85. The molecule has 2 rings (SSSR count). The lowest BCUT2D eigenvalue weighted by Gasteiger charge is -2.27. The summed E-state index contributed by atoms with van der Waals surface area (Å²) in [7, 11) is 0. The molecule has 14 heavy (non-hydrogen) atoms. The summed E-state index contributed by atoms with van der Waals surface area (Å²) in [6.07, 6.45) is 5.53. The maximum absolute atomic E-state index is 6.15. The molecule has 1 aromatic rings. The monoisotopic (exact) mass is 193 g/mol. The first-order valence-electron chi connectivity index (χ1n) is 4.98. The van der Waals surface area contributed by atoms with Crippen LogP contribution in [-0.2, 0) is 4.74 Å². The molecule has 0 spiro atoms. The second-order valence-corrected chi connectivity index (χ2v) is 3.65. The highest BCUT2D eigenvalue weighted by molar-refractivity contribution is 5.12. The van der Waals surface area contributed by atoms with Gasteiger partial charge in [-0.05, 0) is 30.4 Å². The topological polar surface area (TPSA) is 61.0 Å². The van der Waals surface area contributed by atoms with Crippen molar-refractivity contribution in [2.24, 2.45) is 11.7 Å². The van der Waals surface area contributed by atoms with E-state index in [1.165, 1.54) is 0 Å². The first kappa shape index (κ1) is 9.55. The molecule has 0 radical (unpaired) electrons. The van der Waals surface area contributed by atoms with Gasteiger partial charge in [0, 0.05) is 25.5 Å². The summed E-state index contributed by atoms with van der Waals surface area (Å²) in [6.45, 7) is 1.66. The molecule has 4 nitrogen and oxygen atoms in total. The molecule has 2 heterocycles. The Kier molecular flexibility index (Phi) is 3.06. The van der Waals surface area contributed by atoms with Crippen LogP contribution in [0.15, 0.2) is 18.5 Å². The van der Waals surface area contributed by atoms with Gasteiger partial charge in [-0.15, -0.1) is 0 Å². The van der Waals surface area contributed by atoms with Crippen LogP contribution >= 0.6 is 0 Å². The van der Waals surface area contributed by atoms with Crippen LogP contribution in [0.4, 0.5) is 0 Å². The van der Waals surface area contributed by atoms with Gasteiger partial charge >= 0.3 is 0 Å². The average molecular weight is 193 g/mol. The third kappa shape index (κ3) is 2.08. The SMILES string of the molecule is NC(c1ccnnc1)C1CCOCC1. The van der Waals surface area contributed by atoms with E-state index in [9.17, 15) is 0 Å². The predicted molar refractivity (Wildman–Crippen MR) is 52.5 cm³/mol. The molecule has 1 fully saturated rings. The molecule has 2 N–H and O–H groups in total. The number of aromatic nitrogens is 2. The van der Waals surface area contributed by atoms with E-state index in [1.54, 1.807) is 12.4 Å². The summed E-state index contributed by atoms with van der Waals surface area (Å²) in [4.78, 5) is 0. The minimum absolute atomic E-state index is 0.0781. The zero-order chi connectivity index (χ0) is 9.80. The zero-order valence-electron chi connectivity index (χ0n) is 8.10. The Hall–Kier alpha value is -1.00. The Morgan fingerprint density at radius 3 is 2.79 bits per heavy atom. The van der Waals surface area contributed by atoms with Gasteiger partial charge in [-0.25, -0.2) is 0 Å². The van der Waals surface area contributed by atoms with Crippen molar-refractivity contribution >= 4 is 0 Å². The van der Waals surface area contributed by atoms with Crippen LogP contribution in [0.3, 0.4) is 0 Å². The summed E-state index contributed by atoms with van der Waals surface area (Å²) in [5, 5.41) is 7.58. The minimum atomic E-state index is 0.0781. The van der Waals surface area contributed by atoms with Crippen molar-refractivity contribution in [3.8, 4) is 0 Å². The molecule has 1 aliphatic heterocycles. The van der Waals surface area contributed by atoms with Crippen molar-refractivity contribution < 1.29 is 4.74 Å². The van der Waals surface area contributed by atoms with Crippen LogP contribution in [0.1, 0.15) is 24.4 Å². The standard InChI is InChI=1S/C10H15N3O/c11-10(8-2-5-14-6-3-8)9-1-4-12-13-7-9/h1,4,7-8,10H,2-3,5-6,11H2.